The SMILES string of the molecule is CC(C)(C)c1cc2c(c(C(C)(C)C)c1)O[C@@H](Cc1ccccc1)C(c1ccccc1S)C2. The second kappa shape index (κ2) is 8.63. The predicted molar refractivity (Wildman–Crippen MR) is 139 cm³/mol. The van der Waals surface area contributed by atoms with Gasteiger partial charge in [0.25, 0.3) is 0 Å². The van der Waals surface area contributed by atoms with Crippen molar-refractivity contribution in [2.24, 2.45) is 0 Å². The number of thiol groups is 1. The summed E-state index contributed by atoms with van der Waals surface area (Å²) in [6.45, 7) is 13.8. The molecule has 0 aromatic heterocycles. The summed E-state index contributed by atoms with van der Waals surface area (Å²) in [6, 6.07) is 24.0. The molecule has 0 spiro atoms. The Labute approximate surface area is 199 Å². The van der Waals surface area contributed by atoms with E-state index in [4.69, 9.17) is 17.4 Å². The highest BCUT2D eigenvalue weighted by Gasteiger charge is 2.36. The zero-order valence-corrected chi connectivity index (χ0v) is 21.2. The van der Waals surface area contributed by atoms with E-state index < -0.39 is 0 Å². The van der Waals surface area contributed by atoms with E-state index in [9.17, 15) is 0 Å². The molecule has 0 saturated heterocycles. The van der Waals surface area contributed by atoms with Gasteiger partial charge in [-0.05, 0) is 45.6 Å². The molecular weight excluding hydrogens is 408 g/mol. The van der Waals surface area contributed by atoms with Crippen molar-refractivity contribution in [1.29, 1.82) is 0 Å². The van der Waals surface area contributed by atoms with Gasteiger partial charge in [-0.2, -0.15) is 0 Å². The van der Waals surface area contributed by atoms with Gasteiger partial charge in [0.15, 0.2) is 0 Å². The van der Waals surface area contributed by atoms with Gasteiger partial charge in [0.1, 0.15) is 11.9 Å². The Morgan fingerprint density at radius 2 is 1.50 bits per heavy atom. The first-order chi connectivity index (χ1) is 15.0. The number of ether oxygens (including phenoxy) is 1. The molecule has 2 heteroatoms. The highest BCUT2D eigenvalue weighted by molar-refractivity contribution is 7.80. The molecule has 0 saturated carbocycles. The zero-order chi connectivity index (χ0) is 23.1. The largest absolute Gasteiger partial charge is 0.489 e. The van der Waals surface area contributed by atoms with Crippen LogP contribution in [-0.2, 0) is 23.7 Å². The van der Waals surface area contributed by atoms with Crippen LogP contribution in [0.5, 0.6) is 5.75 Å². The molecule has 1 heterocycles. The number of benzene rings is 3. The van der Waals surface area contributed by atoms with Crippen LogP contribution < -0.4 is 4.74 Å². The molecular formula is C30H36OS. The van der Waals surface area contributed by atoms with E-state index in [-0.39, 0.29) is 22.9 Å². The lowest BCUT2D eigenvalue weighted by molar-refractivity contribution is 0.144. The lowest BCUT2D eigenvalue weighted by Gasteiger charge is -2.39. The number of fused-ring (bicyclic) bond motifs is 1. The van der Waals surface area contributed by atoms with Gasteiger partial charge in [-0.3, -0.25) is 0 Å². The molecule has 32 heavy (non-hydrogen) atoms. The van der Waals surface area contributed by atoms with Crippen LogP contribution in [0.3, 0.4) is 0 Å². The molecule has 1 unspecified atom stereocenters. The zero-order valence-electron chi connectivity index (χ0n) is 20.3. The molecule has 2 atom stereocenters. The summed E-state index contributed by atoms with van der Waals surface area (Å²) in [6.07, 6.45) is 1.93. The summed E-state index contributed by atoms with van der Waals surface area (Å²) in [4.78, 5) is 1.05. The van der Waals surface area contributed by atoms with Crippen molar-refractivity contribution in [3.8, 4) is 5.75 Å². The van der Waals surface area contributed by atoms with Gasteiger partial charge in [0.05, 0.1) is 0 Å². The van der Waals surface area contributed by atoms with Crippen LogP contribution in [0.15, 0.2) is 71.6 Å². The minimum absolute atomic E-state index is 0.0108. The molecule has 0 radical (unpaired) electrons. The molecule has 1 aliphatic rings. The summed E-state index contributed by atoms with van der Waals surface area (Å²) in [7, 11) is 0. The Balaban J connectivity index is 1.85. The standard InChI is InChI=1S/C30H36OS/c1-29(2,3)22-17-21-18-24(23-14-10-11-15-27(23)32)26(16-20-12-8-7-9-13-20)31-28(21)25(19-22)30(4,5)6/h7-15,17,19,24,26,32H,16,18H2,1-6H3/t24?,26-/m0/s1. The molecule has 3 aromatic carbocycles. The molecule has 1 nitrogen and oxygen atoms in total. The van der Waals surface area contributed by atoms with Crippen LogP contribution >= 0.6 is 12.6 Å². The van der Waals surface area contributed by atoms with E-state index in [1.54, 1.807) is 0 Å². The predicted octanol–water partition coefficient (Wildman–Crippen LogP) is 7.90. The Kier molecular flexibility index (Phi) is 6.20. The number of rotatable bonds is 3. The minimum Gasteiger partial charge on any atom is -0.489 e. The molecule has 0 fully saturated rings. The van der Waals surface area contributed by atoms with Crippen molar-refractivity contribution >= 4 is 12.6 Å². The van der Waals surface area contributed by atoms with Gasteiger partial charge in [-0.1, -0.05) is 102 Å². The normalized spacial score (nSPS) is 18.7. The fourth-order valence-electron chi connectivity index (χ4n) is 4.71. The summed E-state index contributed by atoms with van der Waals surface area (Å²) in [5.41, 5.74) is 6.71. The van der Waals surface area contributed by atoms with E-state index >= 15 is 0 Å². The van der Waals surface area contributed by atoms with E-state index in [2.05, 4.69) is 108 Å². The van der Waals surface area contributed by atoms with E-state index in [1.165, 1.54) is 27.8 Å². The molecule has 0 N–H and O–H groups in total. The topological polar surface area (TPSA) is 9.23 Å². The third-order valence-electron chi connectivity index (χ3n) is 6.61. The van der Waals surface area contributed by atoms with Gasteiger partial charge in [0, 0.05) is 22.8 Å². The van der Waals surface area contributed by atoms with Crippen LogP contribution in [0.2, 0.25) is 0 Å². The maximum atomic E-state index is 6.95. The molecule has 4 rings (SSSR count). The molecule has 3 aromatic rings. The van der Waals surface area contributed by atoms with E-state index in [0.717, 1.165) is 23.5 Å². The van der Waals surface area contributed by atoms with Crippen LogP contribution in [0.25, 0.3) is 0 Å². The van der Waals surface area contributed by atoms with E-state index in [0.29, 0.717) is 0 Å². The highest BCUT2D eigenvalue weighted by Crippen LogP contribution is 2.46. The second-order valence-corrected chi connectivity index (χ2v) is 11.7. The molecule has 0 bridgehead atoms. The van der Waals surface area contributed by atoms with Gasteiger partial charge >= 0.3 is 0 Å². The first kappa shape index (κ1) is 23.0. The number of hydrogen-bond donors (Lipinski definition) is 1. The minimum atomic E-state index is 0.0108. The third-order valence-corrected chi connectivity index (χ3v) is 7.02. The first-order valence-corrected chi connectivity index (χ1v) is 12.1. The fourth-order valence-corrected chi connectivity index (χ4v) is 5.04. The Morgan fingerprint density at radius 3 is 2.12 bits per heavy atom. The quantitative estimate of drug-likeness (QED) is 0.404. The fraction of sp³-hybridized carbons (Fsp3) is 0.400. The lowest BCUT2D eigenvalue weighted by atomic mass is 9.75. The Morgan fingerprint density at radius 1 is 0.844 bits per heavy atom. The summed E-state index contributed by atoms with van der Waals surface area (Å²) in [5, 5.41) is 0. The van der Waals surface area contributed by atoms with Gasteiger partial charge < -0.3 is 4.74 Å². The smallest absolute Gasteiger partial charge is 0.126 e. The van der Waals surface area contributed by atoms with E-state index in [1.807, 2.05) is 0 Å². The van der Waals surface area contributed by atoms with Gasteiger partial charge in [0.2, 0.25) is 0 Å². The average molecular weight is 445 g/mol. The molecule has 0 amide bonds. The van der Waals surface area contributed by atoms with Crippen molar-refractivity contribution in [1.82, 2.24) is 0 Å². The second-order valence-electron chi connectivity index (χ2n) is 11.2. The van der Waals surface area contributed by atoms with Crippen LogP contribution in [0, 0.1) is 0 Å². The maximum Gasteiger partial charge on any atom is 0.126 e. The Bertz CT molecular complexity index is 1090. The van der Waals surface area contributed by atoms with Crippen LogP contribution in [-0.4, -0.2) is 6.10 Å². The average Bonchev–Trinajstić information content (AvgIpc) is 2.72. The van der Waals surface area contributed by atoms with Crippen molar-refractivity contribution in [3.05, 3.63) is 94.5 Å². The Hall–Kier alpha value is -2.19. The molecule has 1 aliphatic heterocycles. The third kappa shape index (κ3) is 4.76. The van der Waals surface area contributed by atoms with Crippen molar-refractivity contribution in [2.75, 3.05) is 0 Å². The molecule has 168 valence electrons. The van der Waals surface area contributed by atoms with Crippen molar-refractivity contribution in [2.45, 2.75) is 82.1 Å². The van der Waals surface area contributed by atoms with Gasteiger partial charge in [-0.15, -0.1) is 12.6 Å². The summed E-state index contributed by atoms with van der Waals surface area (Å²) >= 11 is 4.82. The summed E-state index contributed by atoms with van der Waals surface area (Å²) in [5.74, 6) is 1.36. The maximum absolute atomic E-state index is 6.95. The lowest BCUT2D eigenvalue weighted by Crippen LogP contribution is -2.35. The van der Waals surface area contributed by atoms with Crippen LogP contribution in [0.4, 0.5) is 0 Å². The first-order valence-electron chi connectivity index (χ1n) is 11.7. The van der Waals surface area contributed by atoms with Crippen molar-refractivity contribution < 1.29 is 4.74 Å². The van der Waals surface area contributed by atoms with Crippen molar-refractivity contribution in [3.63, 3.8) is 0 Å². The summed E-state index contributed by atoms with van der Waals surface area (Å²) < 4.78 is 6.95. The van der Waals surface area contributed by atoms with Gasteiger partial charge in [-0.25, -0.2) is 0 Å². The monoisotopic (exact) mass is 444 g/mol. The molecule has 0 aliphatic carbocycles. The van der Waals surface area contributed by atoms with Crippen LogP contribution in [0.1, 0.15) is 75.3 Å². The highest BCUT2D eigenvalue weighted by atomic mass is 32.1. The number of hydrogen-bond acceptors (Lipinski definition) is 2.